The number of carboxylic acids is 1. The maximum atomic E-state index is 10.1. The number of unbranched alkanes of at least 4 members (excludes halogenated alkanes) is 2. The van der Waals surface area contributed by atoms with E-state index in [-0.39, 0.29) is 5.78 Å². The molecular weight excluding hydrogens is 368 g/mol. The number of carbonyl (C=O) groups is 2. The molecule has 5 heteroatoms. The van der Waals surface area contributed by atoms with Crippen molar-refractivity contribution in [2.24, 2.45) is 0 Å². The Morgan fingerprint density at radius 2 is 1.68 bits per heavy atom. The molecule has 1 N–H and O–H groups in total. The van der Waals surface area contributed by atoms with Gasteiger partial charge < -0.3 is 9.90 Å². The van der Waals surface area contributed by atoms with E-state index >= 15 is 0 Å². The molecule has 0 fully saturated rings. The van der Waals surface area contributed by atoms with E-state index in [4.69, 9.17) is 16.7 Å². The number of carbonyl (C=O) groups excluding carboxylic acids is 1. The van der Waals surface area contributed by atoms with Crippen molar-refractivity contribution in [1.82, 2.24) is 0 Å². The van der Waals surface area contributed by atoms with Crippen LogP contribution in [0.2, 0.25) is 0 Å². The first-order valence-corrected chi connectivity index (χ1v) is 8.35. The van der Waals surface area contributed by atoms with Gasteiger partial charge in [-0.05, 0) is 44.0 Å². The Kier molecular flexibility index (Phi) is 17.1. The molecular formula is C17H24BrClO3. The first-order valence-electron chi connectivity index (χ1n) is 7.03. The smallest absolute Gasteiger partial charge is 0.328 e. The van der Waals surface area contributed by atoms with Crippen molar-refractivity contribution >= 4 is 45.4 Å². The summed E-state index contributed by atoms with van der Waals surface area (Å²) >= 11 is 8.67. The second-order valence-corrected chi connectivity index (χ2v) is 5.82. The molecule has 0 bridgehead atoms. The Bertz CT molecular complexity index is 434. The molecule has 0 aliphatic carbocycles. The van der Waals surface area contributed by atoms with Gasteiger partial charge >= 0.3 is 5.97 Å². The number of Topliss-reactive ketones (excluding diaryl/α,β-unsaturated/α-hetero) is 1. The third-order valence-corrected chi connectivity index (χ3v) is 2.82. The van der Waals surface area contributed by atoms with Gasteiger partial charge in [0, 0.05) is 16.4 Å². The van der Waals surface area contributed by atoms with E-state index in [9.17, 15) is 9.59 Å². The minimum atomic E-state index is -0.932. The molecule has 0 amide bonds. The summed E-state index contributed by atoms with van der Waals surface area (Å²) in [6.45, 7) is 5.23. The molecule has 0 aromatic heterocycles. The maximum absolute atomic E-state index is 10.1. The lowest BCUT2D eigenvalue weighted by Crippen LogP contribution is -1.85. The van der Waals surface area contributed by atoms with Gasteiger partial charge in [0.2, 0.25) is 0 Å². The van der Waals surface area contributed by atoms with Crippen LogP contribution in [0, 0.1) is 0 Å². The number of aliphatic carboxylic acids is 1. The normalized spacial score (nSPS) is 9.32. The molecule has 0 unspecified atom stereocenters. The fourth-order valence-electron chi connectivity index (χ4n) is 1.09. The van der Waals surface area contributed by atoms with Crippen molar-refractivity contribution in [2.75, 3.05) is 5.88 Å². The number of ketones is 1. The number of benzene rings is 1. The Hall–Kier alpha value is -1.13. The summed E-state index contributed by atoms with van der Waals surface area (Å²) < 4.78 is 0.981. The van der Waals surface area contributed by atoms with Gasteiger partial charge in [-0.3, -0.25) is 0 Å². The summed E-state index contributed by atoms with van der Waals surface area (Å²) in [4.78, 5) is 19.6. The van der Waals surface area contributed by atoms with Crippen LogP contribution < -0.4 is 0 Å². The average Bonchev–Trinajstić information content (AvgIpc) is 2.44. The SMILES string of the molecule is CC(C)=O.CCCCCCl.O=C(O)C=Cc1ccc(Br)cc1. The highest BCUT2D eigenvalue weighted by atomic mass is 79.9. The largest absolute Gasteiger partial charge is 0.478 e. The van der Waals surface area contributed by atoms with Crippen LogP contribution >= 0.6 is 27.5 Å². The maximum Gasteiger partial charge on any atom is 0.328 e. The molecule has 1 aromatic carbocycles. The van der Waals surface area contributed by atoms with Crippen molar-refractivity contribution in [1.29, 1.82) is 0 Å². The fraction of sp³-hybridized carbons (Fsp3) is 0.412. The first kappa shape index (κ1) is 23.1. The monoisotopic (exact) mass is 390 g/mol. The lowest BCUT2D eigenvalue weighted by Gasteiger charge is -1.91. The zero-order valence-electron chi connectivity index (χ0n) is 13.3. The van der Waals surface area contributed by atoms with E-state index in [2.05, 4.69) is 22.9 Å². The summed E-state index contributed by atoms with van der Waals surface area (Å²) in [5, 5.41) is 8.33. The zero-order chi connectivity index (χ0) is 17.4. The average molecular weight is 392 g/mol. The van der Waals surface area contributed by atoms with Crippen molar-refractivity contribution in [3.63, 3.8) is 0 Å². The van der Waals surface area contributed by atoms with Gasteiger partial charge in [0.25, 0.3) is 0 Å². The highest BCUT2D eigenvalue weighted by molar-refractivity contribution is 9.10. The highest BCUT2D eigenvalue weighted by Crippen LogP contribution is 2.11. The summed E-state index contributed by atoms with van der Waals surface area (Å²) in [5.74, 6) is 0.0614. The lowest BCUT2D eigenvalue weighted by atomic mass is 10.2. The predicted octanol–water partition coefficient (Wildman–Crippen LogP) is 5.56. The molecule has 0 saturated heterocycles. The number of carboxylic acid groups (broad SMARTS) is 1. The van der Waals surface area contributed by atoms with Gasteiger partial charge in [-0.1, -0.05) is 47.8 Å². The quantitative estimate of drug-likeness (QED) is 0.406. The second-order valence-electron chi connectivity index (χ2n) is 4.53. The Labute approximate surface area is 146 Å². The second kappa shape index (κ2) is 16.2. The lowest BCUT2D eigenvalue weighted by molar-refractivity contribution is -0.131. The third-order valence-electron chi connectivity index (χ3n) is 2.03. The van der Waals surface area contributed by atoms with Crippen LogP contribution in [0.3, 0.4) is 0 Å². The van der Waals surface area contributed by atoms with Crippen LogP contribution in [0.1, 0.15) is 45.6 Å². The van der Waals surface area contributed by atoms with Crippen LogP contribution in [0.5, 0.6) is 0 Å². The Morgan fingerprint density at radius 3 is 2.00 bits per heavy atom. The van der Waals surface area contributed by atoms with Gasteiger partial charge in [-0.25, -0.2) is 4.79 Å². The topological polar surface area (TPSA) is 54.4 Å². The highest BCUT2D eigenvalue weighted by Gasteiger charge is 1.89. The molecule has 0 heterocycles. The number of hydrogen-bond donors (Lipinski definition) is 1. The number of hydrogen-bond acceptors (Lipinski definition) is 2. The van der Waals surface area contributed by atoms with Crippen molar-refractivity contribution in [2.45, 2.75) is 40.0 Å². The Balaban J connectivity index is 0. The molecule has 124 valence electrons. The fourth-order valence-corrected chi connectivity index (χ4v) is 1.54. The van der Waals surface area contributed by atoms with Gasteiger partial charge in [-0.2, -0.15) is 0 Å². The summed E-state index contributed by atoms with van der Waals surface area (Å²) in [6, 6.07) is 7.40. The zero-order valence-corrected chi connectivity index (χ0v) is 15.7. The van der Waals surface area contributed by atoms with Gasteiger partial charge in [0.05, 0.1) is 0 Å². The minimum absolute atomic E-state index is 0.167. The van der Waals surface area contributed by atoms with E-state index in [1.165, 1.54) is 33.1 Å². The van der Waals surface area contributed by atoms with Crippen LogP contribution in [0.15, 0.2) is 34.8 Å². The van der Waals surface area contributed by atoms with Gasteiger partial charge in [0.15, 0.2) is 0 Å². The molecule has 0 spiro atoms. The third kappa shape index (κ3) is 21.2. The molecule has 0 atom stereocenters. The molecule has 0 radical (unpaired) electrons. The molecule has 0 saturated carbocycles. The standard InChI is InChI=1S/C9H7BrO2.C5H11Cl.C3H6O/c10-8-4-1-7(2-5-8)3-6-9(11)12;1-2-3-4-5-6;1-3(2)4/h1-6H,(H,11,12);2-5H2,1H3;1-2H3. The van der Waals surface area contributed by atoms with E-state index in [0.717, 1.165) is 22.0 Å². The summed E-state index contributed by atoms with van der Waals surface area (Å²) in [6.07, 6.45) is 6.40. The van der Waals surface area contributed by atoms with Crippen molar-refractivity contribution in [3.8, 4) is 0 Å². The van der Waals surface area contributed by atoms with E-state index < -0.39 is 5.97 Å². The van der Waals surface area contributed by atoms with Crippen LogP contribution in [0.25, 0.3) is 6.08 Å². The van der Waals surface area contributed by atoms with Crippen LogP contribution in [-0.4, -0.2) is 22.7 Å². The minimum Gasteiger partial charge on any atom is -0.478 e. The first-order chi connectivity index (χ1) is 10.3. The van der Waals surface area contributed by atoms with Crippen LogP contribution in [0.4, 0.5) is 0 Å². The predicted molar refractivity (Wildman–Crippen MR) is 97.4 cm³/mol. The molecule has 1 rings (SSSR count). The van der Waals surface area contributed by atoms with Crippen LogP contribution in [-0.2, 0) is 9.59 Å². The number of rotatable bonds is 5. The molecule has 0 aliphatic rings. The van der Waals surface area contributed by atoms with Crippen molar-refractivity contribution < 1.29 is 14.7 Å². The van der Waals surface area contributed by atoms with E-state index in [1.54, 1.807) is 6.08 Å². The molecule has 0 aliphatic heterocycles. The van der Waals surface area contributed by atoms with Gasteiger partial charge in [-0.15, -0.1) is 11.6 Å². The molecule has 22 heavy (non-hydrogen) atoms. The Morgan fingerprint density at radius 1 is 1.18 bits per heavy atom. The number of halogens is 2. The molecule has 1 aromatic rings. The van der Waals surface area contributed by atoms with Crippen molar-refractivity contribution in [3.05, 3.63) is 40.4 Å². The van der Waals surface area contributed by atoms with Gasteiger partial charge in [0.1, 0.15) is 5.78 Å². The van der Waals surface area contributed by atoms with E-state index in [0.29, 0.717) is 0 Å². The summed E-state index contributed by atoms with van der Waals surface area (Å²) in [5.41, 5.74) is 0.876. The molecule has 3 nitrogen and oxygen atoms in total. The van der Waals surface area contributed by atoms with E-state index in [1.807, 2.05) is 24.3 Å². The summed E-state index contributed by atoms with van der Waals surface area (Å²) in [7, 11) is 0. The number of alkyl halides is 1.